The van der Waals surface area contributed by atoms with Crippen LogP contribution in [0, 0.1) is 0 Å². The van der Waals surface area contributed by atoms with Gasteiger partial charge in [-0.2, -0.15) is 13.2 Å². The van der Waals surface area contributed by atoms with Crippen LogP contribution in [0.25, 0.3) is 0 Å². The van der Waals surface area contributed by atoms with Gasteiger partial charge in [-0.3, -0.25) is 0 Å². The van der Waals surface area contributed by atoms with Gasteiger partial charge in [0.1, 0.15) is 0 Å². The maximum absolute atomic E-state index is 10.6. The fourth-order valence-electron chi connectivity index (χ4n) is 1.18. The van der Waals surface area contributed by atoms with E-state index in [4.69, 9.17) is 15.6 Å². The minimum atomic E-state index is -5.08. The van der Waals surface area contributed by atoms with Crippen LogP contribution in [-0.2, 0) is 4.79 Å². The fourth-order valence-corrected chi connectivity index (χ4v) is 1.18. The van der Waals surface area contributed by atoms with Gasteiger partial charge in [-0.25, -0.2) is 4.79 Å². The Kier molecular flexibility index (Phi) is 9.99. The maximum atomic E-state index is 10.6. The van der Waals surface area contributed by atoms with Gasteiger partial charge in [0.05, 0.1) is 0 Å². The largest absolute Gasteiger partial charge is 0.490 e. The molecule has 0 aromatic carbocycles. The van der Waals surface area contributed by atoms with Gasteiger partial charge in [0.15, 0.2) is 0 Å². The summed E-state index contributed by atoms with van der Waals surface area (Å²) in [6, 6.07) is 0. The molecular formula is C12H24F3NO2. The number of carboxylic acid groups (broad SMARTS) is 1. The molecule has 3 N–H and O–H groups in total. The van der Waals surface area contributed by atoms with Crippen LogP contribution in [-0.4, -0.2) is 22.8 Å². The molecule has 0 fully saturated rings. The second kappa shape index (κ2) is 9.19. The lowest BCUT2D eigenvalue weighted by atomic mass is 9.98. The van der Waals surface area contributed by atoms with Crippen LogP contribution < -0.4 is 5.73 Å². The average Bonchev–Trinajstić information content (AvgIpc) is 2.15. The number of aliphatic carboxylic acids is 1. The number of nitrogens with two attached hydrogens (primary N) is 1. The Morgan fingerprint density at radius 2 is 1.50 bits per heavy atom. The molecule has 3 nitrogen and oxygen atoms in total. The summed E-state index contributed by atoms with van der Waals surface area (Å²) >= 11 is 0. The number of halogens is 3. The van der Waals surface area contributed by atoms with Crippen LogP contribution in [0.4, 0.5) is 13.2 Å². The molecule has 0 saturated carbocycles. The predicted molar refractivity (Wildman–Crippen MR) is 65.3 cm³/mol. The molecule has 0 aliphatic heterocycles. The van der Waals surface area contributed by atoms with Crippen molar-refractivity contribution in [2.75, 3.05) is 0 Å². The fraction of sp³-hybridized carbons (Fsp3) is 0.917. The molecule has 0 amide bonds. The van der Waals surface area contributed by atoms with Crippen LogP contribution in [0.3, 0.4) is 0 Å². The highest BCUT2D eigenvalue weighted by Gasteiger charge is 2.38. The van der Waals surface area contributed by atoms with Crippen molar-refractivity contribution in [3.8, 4) is 0 Å². The smallest absolute Gasteiger partial charge is 0.475 e. The van der Waals surface area contributed by atoms with E-state index in [2.05, 4.69) is 20.8 Å². The third-order valence-electron chi connectivity index (χ3n) is 2.17. The maximum Gasteiger partial charge on any atom is 0.490 e. The van der Waals surface area contributed by atoms with Crippen molar-refractivity contribution < 1.29 is 23.1 Å². The van der Waals surface area contributed by atoms with Crippen molar-refractivity contribution >= 4 is 5.97 Å². The van der Waals surface area contributed by atoms with Crippen molar-refractivity contribution in [1.82, 2.24) is 0 Å². The Bertz CT molecular complexity index is 222. The van der Waals surface area contributed by atoms with Gasteiger partial charge < -0.3 is 10.8 Å². The summed E-state index contributed by atoms with van der Waals surface area (Å²) in [4.78, 5) is 8.90. The Labute approximate surface area is 107 Å². The van der Waals surface area contributed by atoms with Gasteiger partial charge in [0, 0.05) is 5.54 Å². The highest BCUT2D eigenvalue weighted by Crippen LogP contribution is 2.13. The zero-order chi connectivity index (χ0) is 14.8. The van der Waals surface area contributed by atoms with Crippen LogP contribution in [0.2, 0.25) is 0 Å². The number of rotatable bonds is 6. The van der Waals surface area contributed by atoms with E-state index in [0.29, 0.717) is 0 Å². The lowest BCUT2D eigenvalue weighted by Crippen LogP contribution is -2.31. The summed E-state index contributed by atoms with van der Waals surface area (Å²) in [5.41, 5.74) is 5.90. The second-order valence-electron chi connectivity index (χ2n) is 4.96. The molecular weight excluding hydrogens is 247 g/mol. The number of hydrogen-bond donors (Lipinski definition) is 2. The average molecular weight is 271 g/mol. The van der Waals surface area contributed by atoms with E-state index in [-0.39, 0.29) is 5.54 Å². The van der Waals surface area contributed by atoms with Gasteiger partial charge in [-0.1, -0.05) is 39.0 Å². The molecule has 0 aliphatic rings. The minimum absolute atomic E-state index is 0.0478. The summed E-state index contributed by atoms with van der Waals surface area (Å²) in [6.45, 7) is 6.45. The lowest BCUT2D eigenvalue weighted by Gasteiger charge is -2.17. The van der Waals surface area contributed by atoms with Gasteiger partial charge in [-0.15, -0.1) is 0 Å². The first-order valence-corrected chi connectivity index (χ1v) is 6.09. The lowest BCUT2D eigenvalue weighted by molar-refractivity contribution is -0.192. The Morgan fingerprint density at radius 1 is 1.11 bits per heavy atom. The van der Waals surface area contributed by atoms with Crippen molar-refractivity contribution in [2.24, 2.45) is 5.73 Å². The predicted octanol–water partition coefficient (Wildman–Crippen LogP) is 3.72. The van der Waals surface area contributed by atoms with Crippen molar-refractivity contribution in [3.05, 3.63) is 0 Å². The normalized spacial score (nSPS) is 11.7. The molecule has 0 atom stereocenters. The van der Waals surface area contributed by atoms with E-state index >= 15 is 0 Å². The highest BCUT2D eigenvalue weighted by atomic mass is 19.4. The number of alkyl halides is 3. The molecule has 0 unspecified atom stereocenters. The van der Waals surface area contributed by atoms with E-state index in [1.165, 1.54) is 32.1 Å². The summed E-state index contributed by atoms with van der Waals surface area (Å²) in [5.74, 6) is -2.76. The molecule has 0 aromatic rings. The van der Waals surface area contributed by atoms with Gasteiger partial charge in [0.2, 0.25) is 0 Å². The summed E-state index contributed by atoms with van der Waals surface area (Å²) in [7, 11) is 0. The number of unbranched alkanes of at least 4 members (excludes halogenated alkanes) is 4. The molecule has 0 heterocycles. The number of carbonyl (C=O) groups is 1. The van der Waals surface area contributed by atoms with Crippen LogP contribution in [0.5, 0.6) is 0 Å². The minimum Gasteiger partial charge on any atom is -0.475 e. The molecule has 18 heavy (non-hydrogen) atoms. The molecule has 0 spiro atoms. The molecule has 110 valence electrons. The summed E-state index contributed by atoms with van der Waals surface area (Å²) < 4.78 is 31.7. The molecule has 0 aromatic heterocycles. The van der Waals surface area contributed by atoms with Gasteiger partial charge in [-0.05, 0) is 20.3 Å². The zero-order valence-corrected chi connectivity index (χ0v) is 11.3. The topological polar surface area (TPSA) is 63.3 Å². The van der Waals surface area contributed by atoms with Crippen LogP contribution in [0.15, 0.2) is 0 Å². The first kappa shape index (κ1) is 19.6. The Hall–Kier alpha value is -0.780. The molecule has 6 heteroatoms. The summed E-state index contributed by atoms with van der Waals surface area (Å²) in [5, 5.41) is 7.12. The Morgan fingerprint density at radius 3 is 1.78 bits per heavy atom. The SMILES string of the molecule is CCCCCCCC(C)(C)N.O=C(O)C(F)(F)F. The quantitative estimate of drug-likeness (QED) is 0.724. The second-order valence-corrected chi connectivity index (χ2v) is 4.96. The van der Waals surface area contributed by atoms with E-state index in [0.717, 1.165) is 6.42 Å². The third-order valence-corrected chi connectivity index (χ3v) is 2.17. The molecule has 0 bridgehead atoms. The first-order chi connectivity index (χ1) is 8.00. The van der Waals surface area contributed by atoms with E-state index in [1.54, 1.807) is 0 Å². The zero-order valence-electron chi connectivity index (χ0n) is 11.3. The van der Waals surface area contributed by atoms with Crippen molar-refractivity contribution in [2.45, 2.75) is 71.0 Å². The first-order valence-electron chi connectivity index (χ1n) is 6.09. The van der Waals surface area contributed by atoms with Crippen LogP contribution in [0.1, 0.15) is 59.3 Å². The molecule has 0 aliphatic carbocycles. The highest BCUT2D eigenvalue weighted by molar-refractivity contribution is 5.73. The monoisotopic (exact) mass is 271 g/mol. The van der Waals surface area contributed by atoms with Crippen molar-refractivity contribution in [1.29, 1.82) is 0 Å². The third kappa shape index (κ3) is 17.6. The summed E-state index contributed by atoms with van der Waals surface area (Å²) in [6.07, 6.45) is 2.82. The Balaban J connectivity index is 0. The molecule has 0 rings (SSSR count). The van der Waals surface area contributed by atoms with Crippen molar-refractivity contribution in [3.63, 3.8) is 0 Å². The number of carboxylic acids is 1. The van der Waals surface area contributed by atoms with Crippen LogP contribution >= 0.6 is 0 Å². The number of hydrogen-bond acceptors (Lipinski definition) is 2. The van der Waals surface area contributed by atoms with E-state index in [9.17, 15) is 13.2 Å². The van der Waals surface area contributed by atoms with E-state index in [1.807, 2.05) is 0 Å². The molecule has 0 radical (unpaired) electrons. The van der Waals surface area contributed by atoms with Gasteiger partial charge in [0.25, 0.3) is 0 Å². The van der Waals surface area contributed by atoms with E-state index < -0.39 is 12.1 Å². The standard InChI is InChI=1S/C10H23N.C2HF3O2/c1-4-5-6-7-8-9-10(2,3)11;3-2(4,5)1(6)7/h4-9,11H2,1-3H3;(H,6,7). The van der Waals surface area contributed by atoms with Gasteiger partial charge >= 0.3 is 12.1 Å². The molecule has 0 saturated heterocycles.